The van der Waals surface area contributed by atoms with Crippen LogP contribution in [-0.2, 0) is 15.4 Å². The van der Waals surface area contributed by atoms with Crippen molar-refractivity contribution in [2.45, 2.75) is 29.0 Å². The fraction of sp³-hybridized carbons (Fsp3) is 0.222. The topological polar surface area (TPSA) is 122 Å². The number of carbonyl (C=O) groups is 1. The average Bonchev–Trinajstić information content (AvgIpc) is 3.05. The lowest BCUT2D eigenvalue weighted by Gasteiger charge is -2.12. The van der Waals surface area contributed by atoms with E-state index >= 15 is 0 Å². The molecular formula is C18H18ClN3O5S2. The van der Waals surface area contributed by atoms with Gasteiger partial charge in [0.05, 0.1) is 17.4 Å². The normalized spacial score (nSPS) is 20.6. The lowest BCUT2D eigenvalue weighted by molar-refractivity contribution is 0.137. The predicted octanol–water partition coefficient (Wildman–Crippen LogP) is 3.82. The van der Waals surface area contributed by atoms with Gasteiger partial charge in [0.15, 0.2) is 0 Å². The number of nitrogens with zero attached hydrogens (tertiary/aromatic N) is 2. The molecule has 154 valence electrons. The smallest absolute Gasteiger partial charge is 0.450 e. The Kier molecular flexibility index (Phi) is 5.99. The molecule has 0 radical (unpaired) electrons. The van der Waals surface area contributed by atoms with E-state index in [-0.39, 0.29) is 15.7 Å². The SMILES string of the molecule is C[C@]1(c2ccccc2)C[C@@H]1NS(=O)(=O)c1ccc(-n2cc(Cl)cn2)s1.O=C(O)O. The van der Waals surface area contributed by atoms with Gasteiger partial charge >= 0.3 is 6.16 Å². The third kappa shape index (κ3) is 4.96. The number of hydrogen-bond acceptors (Lipinski definition) is 5. The van der Waals surface area contributed by atoms with E-state index in [1.807, 2.05) is 30.3 Å². The van der Waals surface area contributed by atoms with Crippen LogP contribution in [0.15, 0.2) is 59.1 Å². The second kappa shape index (κ2) is 8.15. The predicted molar refractivity (Wildman–Crippen MR) is 110 cm³/mol. The molecule has 0 saturated heterocycles. The van der Waals surface area contributed by atoms with E-state index in [2.05, 4.69) is 16.7 Å². The third-order valence-electron chi connectivity index (χ3n) is 4.58. The molecule has 0 amide bonds. The summed E-state index contributed by atoms with van der Waals surface area (Å²) in [5.41, 5.74) is 1.00. The molecule has 11 heteroatoms. The average molecular weight is 456 g/mol. The van der Waals surface area contributed by atoms with Crippen LogP contribution in [0.4, 0.5) is 4.79 Å². The van der Waals surface area contributed by atoms with Crippen LogP contribution in [0.3, 0.4) is 0 Å². The number of nitrogens with one attached hydrogen (secondary N) is 1. The molecule has 1 fully saturated rings. The number of hydrogen-bond donors (Lipinski definition) is 3. The van der Waals surface area contributed by atoms with Gasteiger partial charge in [0.25, 0.3) is 0 Å². The highest BCUT2D eigenvalue weighted by atomic mass is 35.5. The summed E-state index contributed by atoms with van der Waals surface area (Å²) >= 11 is 7.03. The first kappa shape index (κ1) is 21.3. The van der Waals surface area contributed by atoms with Crippen molar-refractivity contribution in [1.82, 2.24) is 14.5 Å². The van der Waals surface area contributed by atoms with Gasteiger partial charge in [-0.15, -0.1) is 11.3 Å². The molecule has 2 heterocycles. The summed E-state index contributed by atoms with van der Waals surface area (Å²) in [7, 11) is -3.56. The molecule has 2 aromatic heterocycles. The largest absolute Gasteiger partial charge is 0.503 e. The van der Waals surface area contributed by atoms with Crippen LogP contribution < -0.4 is 4.72 Å². The Balaban J connectivity index is 0.000000552. The standard InChI is InChI=1S/C17H16ClN3O2S2.CH2O3/c1-17(12-5-3-2-4-6-12)9-14(17)20-25(22,23)16-8-7-15(24-16)21-11-13(18)10-19-21;2-1(3)4/h2-8,10-11,14,20H,9H2,1H3;(H2,2,3,4)/t14-,17+;/m0./s1. The highest BCUT2D eigenvalue weighted by Gasteiger charge is 2.53. The molecular weight excluding hydrogens is 438 g/mol. The summed E-state index contributed by atoms with van der Waals surface area (Å²) in [5.74, 6) is 0. The highest BCUT2D eigenvalue weighted by molar-refractivity contribution is 7.91. The minimum atomic E-state index is -3.56. The summed E-state index contributed by atoms with van der Waals surface area (Å²) in [6.45, 7) is 2.08. The van der Waals surface area contributed by atoms with Crippen molar-refractivity contribution < 1.29 is 23.4 Å². The molecule has 29 heavy (non-hydrogen) atoms. The van der Waals surface area contributed by atoms with Crippen molar-refractivity contribution in [2.75, 3.05) is 0 Å². The maximum absolute atomic E-state index is 12.7. The van der Waals surface area contributed by atoms with E-state index in [0.717, 1.165) is 23.3 Å². The van der Waals surface area contributed by atoms with E-state index in [1.165, 1.54) is 6.20 Å². The molecule has 2 atom stereocenters. The van der Waals surface area contributed by atoms with Gasteiger partial charge in [-0.3, -0.25) is 0 Å². The highest BCUT2D eigenvalue weighted by Crippen LogP contribution is 2.48. The molecule has 0 bridgehead atoms. The van der Waals surface area contributed by atoms with Crippen LogP contribution in [0.2, 0.25) is 5.02 Å². The fourth-order valence-electron chi connectivity index (χ4n) is 2.92. The van der Waals surface area contributed by atoms with Crippen molar-refractivity contribution in [2.24, 2.45) is 0 Å². The summed E-state index contributed by atoms with van der Waals surface area (Å²) in [6.07, 6.45) is 2.12. The minimum Gasteiger partial charge on any atom is -0.450 e. The second-order valence-corrected chi connectivity index (χ2v) is 10.1. The zero-order chi connectivity index (χ0) is 21.2. The number of sulfonamides is 1. The summed E-state index contributed by atoms with van der Waals surface area (Å²) < 4.78 is 30.1. The van der Waals surface area contributed by atoms with E-state index in [4.69, 9.17) is 26.6 Å². The molecule has 8 nitrogen and oxygen atoms in total. The Bertz CT molecular complexity index is 1110. The molecule has 1 aromatic carbocycles. The summed E-state index contributed by atoms with van der Waals surface area (Å²) in [5, 5.41) is 19.3. The monoisotopic (exact) mass is 455 g/mol. The number of rotatable bonds is 5. The quantitative estimate of drug-likeness (QED) is 0.537. The third-order valence-corrected chi connectivity index (χ3v) is 7.81. The van der Waals surface area contributed by atoms with E-state index in [1.54, 1.807) is 23.0 Å². The molecule has 1 aliphatic carbocycles. The fourth-order valence-corrected chi connectivity index (χ4v) is 5.65. The molecule has 3 aromatic rings. The van der Waals surface area contributed by atoms with Gasteiger partial charge in [0, 0.05) is 11.5 Å². The van der Waals surface area contributed by atoms with Gasteiger partial charge in [-0.25, -0.2) is 22.6 Å². The van der Waals surface area contributed by atoms with Gasteiger partial charge in [-0.05, 0) is 24.1 Å². The first-order valence-corrected chi connectivity index (χ1v) is 11.1. The van der Waals surface area contributed by atoms with E-state index < -0.39 is 16.2 Å². The Morgan fingerprint density at radius 3 is 2.52 bits per heavy atom. The Labute approximate surface area is 176 Å². The number of aromatic nitrogens is 2. The zero-order valence-electron chi connectivity index (χ0n) is 15.2. The maximum atomic E-state index is 12.7. The molecule has 0 aliphatic heterocycles. The first-order chi connectivity index (χ1) is 13.6. The molecule has 1 saturated carbocycles. The van der Waals surface area contributed by atoms with Crippen LogP contribution in [0, 0.1) is 0 Å². The van der Waals surface area contributed by atoms with Gasteiger partial charge in [0.1, 0.15) is 9.21 Å². The van der Waals surface area contributed by atoms with Crippen LogP contribution in [0.25, 0.3) is 5.00 Å². The molecule has 0 spiro atoms. The number of thiophene rings is 1. The summed E-state index contributed by atoms with van der Waals surface area (Å²) in [6, 6.07) is 13.2. The minimum absolute atomic E-state index is 0.0930. The first-order valence-electron chi connectivity index (χ1n) is 8.42. The van der Waals surface area contributed by atoms with Crippen LogP contribution in [0.1, 0.15) is 18.9 Å². The Morgan fingerprint density at radius 2 is 1.93 bits per heavy atom. The van der Waals surface area contributed by atoms with Crippen molar-refractivity contribution >= 4 is 39.1 Å². The molecule has 0 unspecified atom stereocenters. The lowest BCUT2D eigenvalue weighted by atomic mass is 9.98. The molecule has 4 rings (SSSR count). The number of halogens is 1. The Hall–Kier alpha value is -2.40. The lowest BCUT2D eigenvalue weighted by Crippen LogP contribution is -2.29. The van der Waals surface area contributed by atoms with Gasteiger partial charge in [-0.2, -0.15) is 5.10 Å². The second-order valence-electron chi connectivity index (χ2n) is 6.64. The van der Waals surface area contributed by atoms with Crippen LogP contribution in [0.5, 0.6) is 0 Å². The zero-order valence-corrected chi connectivity index (χ0v) is 17.6. The molecule has 1 aliphatic rings. The van der Waals surface area contributed by atoms with Gasteiger partial charge in [-0.1, -0.05) is 48.9 Å². The number of carboxylic acid groups (broad SMARTS) is 2. The molecule has 3 N–H and O–H groups in total. The summed E-state index contributed by atoms with van der Waals surface area (Å²) in [4.78, 5) is 8.56. The van der Waals surface area contributed by atoms with Crippen molar-refractivity contribution in [3.05, 3.63) is 65.4 Å². The van der Waals surface area contributed by atoms with E-state index in [9.17, 15) is 8.42 Å². The van der Waals surface area contributed by atoms with Crippen molar-refractivity contribution in [3.63, 3.8) is 0 Å². The number of benzene rings is 1. The maximum Gasteiger partial charge on any atom is 0.503 e. The van der Waals surface area contributed by atoms with Crippen LogP contribution in [-0.4, -0.2) is 40.6 Å². The van der Waals surface area contributed by atoms with Crippen LogP contribution >= 0.6 is 22.9 Å². The van der Waals surface area contributed by atoms with Crippen molar-refractivity contribution in [3.8, 4) is 5.00 Å². The van der Waals surface area contributed by atoms with Gasteiger partial charge < -0.3 is 10.2 Å². The van der Waals surface area contributed by atoms with Gasteiger partial charge in [0.2, 0.25) is 10.0 Å². The Morgan fingerprint density at radius 1 is 1.28 bits per heavy atom. The van der Waals surface area contributed by atoms with Crippen molar-refractivity contribution in [1.29, 1.82) is 0 Å². The van der Waals surface area contributed by atoms with E-state index in [0.29, 0.717) is 10.0 Å².